The fourth-order valence-electron chi connectivity index (χ4n) is 2.84. The molecule has 0 aromatic carbocycles. The summed E-state index contributed by atoms with van der Waals surface area (Å²) in [4.78, 5) is 0. The molecule has 0 N–H and O–H groups in total. The molecule has 0 unspecified atom stereocenters. The summed E-state index contributed by atoms with van der Waals surface area (Å²) in [6.07, 6.45) is 11.5. The second kappa shape index (κ2) is 5.49. The van der Waals surface area contributed by atoms with Crippen LogP contribution in [0.2, 0.25) is 0 Å². The number of rotatable bonds is 2. The highest BCUT2D eigenvalue weighted by molar-refractivity contribution is 6.68. The topological polar surface area (TPSA) is 15.6 Å². The number of halogens is 2. The maximum absolute atomic E-state index is 13.9. The summed E-state index contributed by atoms with van der Waals surface area (Å²) in [6.45, 7) is 5.92. The normalized spacial score (nSPS) is 22.2. The van der Waals surface area contributed by atoms with Crippen LogP contribution in [0.25, 0.3) is 0 Å². The molecular formula is C17H16ClFN2. The van der Waals surface area contributed by atoms with Crippen LogP contribution in [-0.4, -0.2) is 10.2 Å². The molecule has 4 heteroatoms. The number of hydrazone groups is 1. The number of allylic oxidation sites excluding steroid dienone is 9. The second-order valence-corrected chi connectivity index (χ2v) is 5.57. The quantitative estimate of drug-likeness (QED) is 0.692. The smallest absolute Gasteiger partial charge is 0.150 e. The van der Waals surface area contributed by atoms with E-state index in [1.54, 1.807) is 17.2 Å². The molecule has 0 fully saturated rings. The fourth-order valence-corrected chi connectivity index (χ4v) is 2.98. The van der Waals surface area contributed by atoms with E-state index in [4.69, 9.17) is 11.6 Å². The second-order valence-electron chi connectivity index (χ2n) is 5.19. The summed E-state index contributed by atoms with van der Waals surface area (Å²) < 4.78 is 13.9. The molecule has 0 spiro atoms. The van der Waals surface area contributed by atoms with E-state index in [0.717, 1.165) is 47.4 Å². The molecule has 21 heavy (non-hydrogen) atoms. The zero-order chi connectivity index (χ0) is 15.0. The molecule has 0 radical (unpaired) electrons. The van der Waals surface area contributed by atoms with Crippen LogP contribution in [0.15, 0.2) is 76.0 Å². The largest absolute Gasteiger partial charge is 0.233 e. The summed E-state index contributed by atoms with van der Waals surface area (Å²) in [7, 11) is 0. The molecule has 0 aromatic heterocycles. The van der Waals surface area contributed by atoms with Crippen molar-refractivity contribution in [1.29, 1.82) is 0 Å². The summed E-state index contributed by atoms with van der Waals surface area (Å²) in [5, 5.41) is 6.43. The Labute approximate surface area is 129 Å². The molecule has 3 aliphatic rings. The van der Waals surface area contributed by atoms with Gasteiger partial charge < -0.3 is 0 Å². The van der Waals surface area contributed by atoms with Crippen molar-refractivity contribution in [1.82, 2.24) is 5.01 Å². The van der Waals surface area contributed by atoms with E-state index < -0.39 is 0 Å². The molecule has 108 valence electrons. The van der Waals surface area contributed by atoms with Gasteiger partial charge in [0.15, 0.2) is 0 Å². The Hall–Kier alpha value is -1.87. The minimum atomic E-state index is -0.111. The van der Waals surface area contributed by atoms with Crippen LogP contribution in [0.5, 0.6) is 0 Å². The third-order valence-corrected chi connectivity index (χ3v) is 4.04. The Balaban J connectivity index is 1.91. The molecule has 2 aliphatic carbocycles. The van der Waals surface area contributed by atoms with E-state index in [2.05, 4.69) is 11.7 Å². The van der Waals surface area contributed by atoms with Crippen LogP contribution in [0.4, 0.5) is 4.39 Å². The predicted molar refractivity (Wildman–Crippen MR) is 85.3 cm³/mol. The molecule has 1 aliphatic heterocycles. The zero-order valence-corrected chi connectivity index (χ0v) is 12.6. The summed E-state index contributed by atoms with van der Waals surface area (Å²) in [6, 6.07) is 0. The molecule has 2 nitrogen and oxygen atoms in total. The lowest BCUT2D eigenvalue weighted by atomic mass is 9.98. The van der Waals surface area contributed by atoms with Crippen molar-refractivity contribution in [3.8, 4) is 0 Å². The van der Waals surface area contributed by atoms with Gasteiger partial charge in [-0.2, -0.15) is 5.10 Å². The van der Waals surface area contributed by atoms with Crippen LogP contribution >= 0.6 is 11.6 Å². The van der Waals surface area contributed by atoms with Gasteiger partial charge in [-0.3, -0.25) is 0 Å². The number of hydrogen-bond donors (Lipinski definition) is 0. The predicted octanol–water partition coefficient (Wildman–Crippen LogP) is 5.10. The van der Waals surface area contributed by atoms with E-state index in [1.165, 1.54) is 0 Å². The van der Waals surface area contributed by atoms with Gasteiger partial charge in [-0.15, -0.1) is 0 Å². The highest BCUT2D eigenvalue weighted by atomic mass is 35.5. The monoisotopic (exact) mass is 302 g/mol. The van der Waals surface area contributed by atoms with Crippen molar-refractivity contribution in [2.75, 3.05) is 0 Å². The van der Waals surface area contributed by atoms with Crippen molar-refractivity contribution in [3.63, 3.8) is 0 Å². The lowest BCUT2D eigenvalue weighted by Crippen LogP contribution is -2.19. The third-order valence-electron chi connectivity index (χ3n) is 3.84. The Bertz CT molecular complexity index is 690. The summed E-state index contributed by atoms with van der Waals surface area (Å²) in [5.41, 5.74) is 4.61. The van der Waals surface area contributed by atoms with Crippen molar-refractivity contribution in [2.45, 2.75) is 26.2 Å². The molecule has 0 amide bonds. The summed E-state index contributed by atoms with van der Waals surface area (Å²) >= 11 is 5.98. The minimum absolute atomic E-state index is 0.111. The van der Waals surface area contributed by atoms with Gasteiger partial charge in [0.25, 0.3) is 0 Å². The van der Waals surface area contributed by atoms with E-state index in [-0.39, 0.29) is 5.83 Å². The standard InChI is InChI=1S/C17H16ClFN2/c1-3-16(21-11(2)7-8-17(18)20-21)13-9-12-5-4-6-15(19)14(12)10-13/h3,6-8,10H,2,4-5,9H2,1H3/b16-3-. The van der Waals surface area contributed by atoms with E-state index in [0.29, 0.717) is 5.17 Å². The lowest BCUT2D eigenvalue weighted by Gasteiger charge is -2.26. The average Bonchev–Trinajstić information content (AvgIpc) is 2.89. The first-order valence-corrected chi connectivity index (χ1v) is 7.34. The van der Waals surface area contributed by atoms with Gasteiger partial charge in [0.05, 0.1) is 11.4 Å². The maximum Gasteiger partial charge on any atom is 0.150 e. The van der Waals surface area contributed by atoms with Crippen LogP contribution in [0.1, 0.15) is 26.2 Å². The Morgan fingerprint density at radius 2 is 2.29 bits per heavy atom. The highest BCUT2D eigenvalue weighted by Crippen LogP contribution is 2.41. The van der Waals surface area contributed by atoms with Crippen LogP contribution in [0, 0.1) is 0 Å². The first-order chi connectivity index (χ1) is 10.1. The van der Waals surface area contributed by atoms with Gasteiger partial charge in [0, 0.05) is 5.57 Å². The van der Waals surface area contributed by atoms with Gasteiger partial charge in [-0.1, -0.05) is 29.8 Å². The zero-order valence-electron chi connectivity index (χ0n) is 11.9. The first-order valence-electron chi connectivity index (χ1n) is 6.96. The number of nitrogens with zero attached hydrogens (tertiary/aromatic N) is 2. The maximum atomic E-state index is 13.9. The number of hydrogen-bond acceptors (Lipinski definition) is 2. The van der Waals surface area contributed by atoms with Gasteiger partial charge in [0.1, 0.15) is 11.0 Å². The average molecular weight is 303 g/mol. The van der Waals surface area contributed by atoms with Crippen LogP contribution < -0.4 is 0 Å². The van der Waals surface area contributed by atoms with E-state index in [9.17, 15) is 4.39 Å². The molecule has 0 saturated carbocycles. The van der Waals surface area contributed by atoms with E-state index >= 15 is 0 Å². The summed E-state index contributed by atoms with van der Waals surface area (Å²) in [5.74, 6) is -0.111. The molecule has 1 heterocycles. The molecule has 3 rings (SSSR count). The third kappa shape index (κ3) is 2.54. The molecule has 0 aromatic rings. The van der Waals surface area contributed by atoms with Crippen molar-refractivity contribution in [3.05, 3.63) is 70.9 Å². The van der Waals surface area contributed by atoms with E-state index in [1.807, 2.05) is 25.2 Å². The first kappa shape index (κ1) is 14.1. The Morgan fingerprint density at radius 1 is 1.48 bits per heavy atom. The minimum Gasteiger partial charge on any atom is -0.233 e. The SMILES string of the molecule is C=C1C=CC(Cl)=NN1/C(=C\C)C1=CC2=C(CCC=C2F)C1. The molecule has 0 saturated heterocycles. The molecular weight excluding hydrogens is 287 g/mol. The van der Waals surface area contributed by atoms with Gasteiger partial charge in [-0.05, 0) is 56.1 Å². The lowest BCUT2D eigenvalue weighted by molar-refractivity contribution is 0.474. The van der Waals surface area contributed by atoms with Gasteiger partial charge in [-0.25, -0.2) is 9.40 Å². The Morgan fingerprint density at radius 3 is 3.00 bits per heavy atom. The Kier molecular flexibility index (Phi) is 3.68. The van der Waals surface area contributed by atoms with Crippen LogP contribution in [0.3, 0.4) is 0 Å². The van der Waals surface area contributed by atoms with Gasteiger partial charge >= 0.3 is 0 Å². The van der Waals surface area contributed by atoms with Crippen molar-refractivity contribution < 1.29 is 4.39 Å². The van der Waals surface area contributed by atoms with Crippen molar-refractivity contribution in [2.24, 2.45) is 5.10 Å². The van der Waals surface area contributed by atoms with Crippen LogP contribution in [-0.2, 0) is 0 Å². The highest BCUT2D eigenvalue weighted by Gasteiger charge is 2.26. The fraction of sp³-hybridized carbons (Fsp3) is 0.235. The molecule has 0 bridgehead atoms. The van der Waals surface area contributed by atoms with Crippen molar-refractivity contribution >= 4 is 16.8 Å². The molecule has 0 atom stereocenters. The van der Waals surface area contributed by atoms with Gasteiger partial charge in [0.2, 0.25) is 0 Å².